The van der Waals surface area contributed by atoms with Crippen molar-refractivity contribution >= 4 is 5.91 Å². The molecule has 5 heteroatoms. The zero-order chi connectivity index (χ0) is 23.1. The number of likely N-dealkylation sites (tertiary alicyclic amines) is 1. The molecule has 1 amide bonds. The van der Waals surface area contributed by atoms with Crippen molar-refractivity contribution in [3.63, 3.8) is 0 Å². The Balaban J connectivity index is 0.000000650. The van der Waals surface area contributed by atoms with Crippen LogP contribution in [0.4, 0.5) is 0 Å². The Morgan fingerprint density at radius 2 is 1.63 bits per heavy atom. The number of likely N-dealkylation sites (N-methyl/N-ethyl adjacent to an activating group) is 1. The largest absolute Gasteiger partial charge is 0.330 e. The van der Waals surface area contributed by atoms with Crippen molar-refractivity contribution in [2.75, 3.05) is 33.7 Å². The molecule has 2 aliphatic rings. The van der Waals surface area contributed by atoms with Crippen molar-refractivity contribution in [2.24, 2.45) is 5.92 Å². The molecule has 0 radical (unpaired) electrons. The molecule has 2 fully saturated rings. The second kappa shape index (κ2) is 15.9. The number of nitrogens with one attached hydrogen (secondary N) is 1. The van der Waals surface area contributed by atoms with E-state index in [9.17, 15) is 4.79 Å². The summed E-state index contributed by atoms with van der Waals surface area (Å²) in [7, 11) is 4.11. The summed E-state index contributed by atoms with van der Waals surface area (Å²) in [4.78, 5) is 17.0. The fraction of sp³-hybridized carbons (Fsp3) is 0.680. The smallest absolute Gasteiger partial charge is 0.254 e. The minimum absolute atomic E-state index is 0.116. The third kappa shape index (κ3) is 8.45. The van der Waals surface area contributed by atoms with Gasteiger partial charge in [-0.3, -0.25) is 4.79 Å². The molecule has 2 saturated heterocycles. The van der Waals surface area contributed by atoms with Gasteiger partial charge in [0, 0.05) is 30.7 Å². The summed E-state index contributed by atoms with van der Waals surface area (Å²) in [6, 6.07) is 9.74. The summed E-state index contributed by atoms with van der Waals surface area (Å²) >= 11 is 0. The zero-order valence-electron chi connectivity index (χ0n) is 20.5. The van der Waals surface area contributed by atoms with Crippen LogP contribution in [-0.4, -0.2) is 61.5 Å². The molecule has 2 bridgehead atoms. The summed E-state index contributed by atoms with van der Waals surface area (Å²) in [5.41, 5.74) is 1.29. The maximum Gasteiger partial charge on any atom is 0.254 e. The van der Waals surface area contributed by atoms with Crippen LogP contribution in [0.3, 0.4) is 0 Å². The Morgan fingerprint density at radius 3 is 2.00 bits per heavy atom. The van der Waals surface area contributed by atoms with Gasteiger partial charge in [0.05, 0.1) is 11.6 Å². The van der Waals surface area contributed by atoms with E-state index in [4.69, 9.17) is 5.26 Å². The molecule has 1 aromatic rings. The highest BCUT2D eigenvalue weighted by Crippen LogP contribution is 2.30. The predicted molar refractivity (Wildman–Crippen MR) is 128 cm³/mol. The first kappa shape index (κ1) is 28.1. The number of fused-ring (bicyclic) bond motifs is 2. The van der Waals surface area contributed by atoms with Crippen molar-refractivity contribution in [1.29, 1.82) is 5.26 Å². The third-order valence-corrected chi connectivity index (χ3v) is 5.41. The molecular weight excluding hydrogens is 372 g/mol. The van der Waals surface area contributed by atoms with E-state index in [0.29, 0.717) is 23.2 Å². The van der Waals surface area contributed by atoms with Gasteiger partial charge in [0.1, 0.15) is 0 Å². The van der Waals surface area contributed by atoms with Crippen molar-refractivity contribution < 1.29 is 4.79 Å². The van der Waals surface area contributed by atoms with E-state index in [-0.39, 0.29) is 5.91 Å². The van der Waals surface area contributed by atoms with Gasteiger partial charge in [-0.15, -0.1) is 0 Å². The average molecular weight is 417 g/mol. The van der Waals surface area contributed by atoms with Gasteiger partial charge in [-0.25, -0.2) is 0 Å². The minimum Gasteiger partial charge on any atom is -0.330 e. The predicted octanol–water partition coefficient (Wildman–Crippen LogP) is 4.78. The highest BCUT2D eigenvalue weighted by molar-refractivity contribution is 5.95. The SMILES string of the molecule is CC.CC.CCC(C)CNC.CN1CC2CCC(C1)N2C(=O)c1ccc(C#N)cc1. The van der Waals surface area contributed by atoms with Gasteiger partial charge in [0.2, 0.25) is 0 Å². The molecule has 30 heavy (non-hydrogen) atoms. The standard InChI is InChI=1S/C15H17N3O.C6H15N.2C2H6/c1-17-9-13-6-7-14(10-17)18(13)15(19)12-4-2-11(8-16)3-5-12;1-4-6(2)5-7-3;2*1-2/h2-5,13-14H,6-7,9-10H2,1H3;6-7H,4-5H2,1-3H3;2*1-2H3. The molecular formula is C25H44N4O. The minimum atomic E-state index is 0.116. The third-order valence-electron chi connectivity index (χ3n) is 5.41. The van der Waals surface area contributed by atoms with E-state index < -0.39 is 0 Å². The monoisotopic (exact) mass is 416 g/mol. The number of piperazine rings is 1. The highest BCUT2D eigenvalue weighted by Gasteiger charge is 2.41. The van der Waals surface area contributed by atoms with Gasteiger partial charge in [-0.05, 0) is 63.7 Å². The summed E-state index contributed by atoms with van der Waals surface area (Å²) < 4.78 is 0. The van der Waals surface area contributed by atoms with Gasteiger partial charge in [-0.1, -0.05) is 48.0 Å². The summed E-state index contributed by atoms with van der Waals surface area (Å²) in [5, 5.41) is 11.9. The Kier molecular flexibility index (Phi) is 14.9. The molecule has 3 rings (SSSR count). The first-order valence-corrected chi connectivity index (χ1v) is 11.7. The Bertz CT molecular complexity index is 609. The topological polar surface area (TPSA) is 59.4 Å². The molecule has 3 unspecified atom stereocenters. The number of hydrogen-bond donors (Lipinski definition) is 1. The van der Waals surface area contributed by atoms with Crippen LogP contribution in [0.1, 0.15) is 76.7 Å². The van der Waals surface area contributed by atoms with Crippen LogP contribution >= 0.6 is 0 Å². The summed E-state index contributed by atoms with van der Waals surface area (Å²) in [6.45, 7) is 15.5. The van der Waals surface area contributed by atoms with Crippen LogP contribution in [0.25, 0.3) is 0 Å². The molecule has 1 N–H and O–H groups in total. The first-order chi connectivity index (χ1) is 14.5. The molecule has 0 aliphatic carbocycles. The number of nitrogens with zero attached hydrogens (tertiary/aromatic N) is 3. The Labute approximate surface area is 185 Å². The zero-order valence-corrected chi connectivity index (χ0v) is 20.5. The number of amides is 1. The molecule has 0 aromatic heterocycles. The van der Waals surface area contributed by atoms with Crippen molar-refractivity contribution in [3.05, 3.63) is 35.4 Å². The van der Waals surface area contributed by atoms with E-state index in [0.717, 1.165) is 38.4 Å². The van der Waals surface area contributed by atoms with Crippen LogP contribution in [0.15, 0.2) is 24.3 Å². The van der Waals surface area contributed by atoms with Crippen molar-refractivity contribution in [3.8, 4) is 6.07 Å². The molecule has 0 saturated carbocycles. The van der Waals surface area contributed by atoms with Crippen LogP contribution in [0, 0.1) is 17.2 Å². The van der Waals surface area contributed by atoms with Crippen LogP contribution < -0.4 is 5.32 Å². The van der Waals surface area contributed by atoms with E-state index in [1.807, 2.05) is 34.7 Å². The van der Waals surface area contributed by atoms with Gasteiger partial charge in [-0.2, -0.15) is 5.26 Å². The second-order valence-electron chi connectivity index (χ2n) is 7.58. The van der Waals surface area contributed by atoms with Gasteiger partial charge in [0.15, 0.2) is 0 Å². The normalized spacial score (nSPS) is 20.3. The van der Waals surface area contributed by atoms with Gasteiger partial charge >= 0.3 is 0 Å². The van der Waals surface area contributed by atoms with Gasteiger partial charge in [0.25, 0.3) is 5.91 Å². The average Bonchev–Trinajstić information content (AvgIpc) is 3.07. The Hall–Kier alpha value is -1.90. The lowest BCUT2D eigenvalue weighted by Gasteiger charge is -2.39. The summed E-state index contributed by atoms with van der Waals surface area (Å²) in [6.07, 6.45) is 3.49. The number of benzene rings is 1. The quantitative estimate of drug-likeness (QED) is 0.767. The highest BCUT2D eigenvalue weighted by atomic mass is 16.2. The molecule has 2 heterocycles. The van der Waals surface area contributed by atoms with Gasteiger partial charge < -0.3 is 15.1 Å². The van der Waals surface area contributed by atoms with Crippen LogP contribution in [0.2, 0.25) is 0 Å². The van der Waals surface area contributed by atoms with E-state index >= 15 is 0 Å². The lowest BCUT2D eigenvalue weighted by molar-refractivity contribution is 0.0473. The van der Waals surface area contributed by atoms with Crippen molar-refractivity contribution in [1.82, 2.24) is 15.1 Å². The number of hydrogen-bond acceptors (Lipinski definition) is 4. The number of nitriles is 1. The number of rotatable bonds is 4. The maximum atomic E-state index is 12.6. The van der Waals surface area contributed by atoms with Crippen LogP contribution in [-0.2, 0) is 0 Å². The number of carbonyl (C=O) groups excluding carboxylic acids is 1. The van der Waals surface area contributed by atoms with Crippen molar-refractivity contribution in [2.45, 2.75) is 72.9 Å². The molecule has 170 valence electrons. The number of carbonyl (C=O) groups is 1. The summed E-state index contributed by atoms with van der Waals surface area (Å²) in [5.74, 6) is 0.954. The fourth-order valence-corrected chi connectivity index (χ4v) is 3.77. The maximum absolute atomic E-state index is 12.6. The van der Waals surface area contributed by atoms with E-state index in [2.05, 4.69) is 42.1 Å². The Morgan fingerprint density at radius 1 is 1.13 bits per heavy atom. The van der Waals surface area contributed by atoms with Crippen LogP contribution in [0.5, 0.6) is 0 Å². The van der Waals surface area contributed by atoms with E-state index in [1.165, 1.54) is 6.42 Å². The molecule has 0 spiro atoms. The fourth-order valence-electron chi connectivity index (χ4n) is 3.77. The molecule has 5 nitrogen and oxygen atoms in total. The lowest BCUT2D eigenvalue weighted by Crippen LogP contribution is -2.54. The lowest BCUT2D eigenvalue weighted by atomic mass is 10.1. The molecule has 3 atom stereocenters. The first-order valence-electron chi connectivity index (χ1n) is 11.7. The molecule has 2 aliphatic heterocycles. The molecule has 1 aromatic carbocycles. The second-order valence-corrected chi connectivity index (χ2v) is 7.58. The van der Waals surface area contributed by atoms with E-state index in [1.54, 1.807) is 24.3 Å².